The summed E-state index contributed by atoms with van der Waals surface area (Å²) in [7, 11) is 0. The first-order valence-corrected chi connectivity index (χ1v) is 10.8. The molecule has 2 aromatic rings. The largest absolute Gasteiger partial charge is 0.465 e. The van der Waals surface area contributed by atoms with Crippen LogP contribution in [0.1, 0.15) is 35.3 Å². The molecule has 0 bridgehead atoms. The number of halogens is 1. The highest BCUT2D eigenvalue weighted by atomic mass is 35.5. The second-order valence-electron chi connectivity index (χ2n) is 8.04. The van der Waals surface area contributed by atoms with Gasteiger partial charge in [0.05, 0.1) is 0 Å². The first-order valence-electron chi connectivity index (χ1n) is 10.4. The number of carboxylic acid groups (broad SMARTS) is 1. The van der Waals surface area contributed by atoms with Gasteiger partial charge in [0.2, 0.25) is 0 Å². The van der Waals surface area contributed by atoms with E-state index in [-0.39, 0.29) is 33.9 Å². The number of benzene rings is 1. The van der Waals surface area contributed by atoms with Crippen molar-refractivity contribution in [3.8, 4) is 0 Å². The van der Waals surface area contributed by atoms with E-state index in [9.17, 15) is 14.7 Å². The van der Waals surface area contributed by atoms with E-state index >= 15 is 0 Å². The summed E-state index contributed by atoms with van der Waals surface area (Å²) in [6.45, 7) is 1.17. The summed E-state index contributed by atoms with van der Waals surface area (Å²) in [4.78, 5) is 37.2. The number of aryl methyl sites for hydroxylation is 1. The standard InChI is InChI=1S/C21H27ClN8O3/c22-15-17(24)28-16(23)14(27-15)18(31)29-19(25)26-12-21(7-6-13-4-2-1-3-5-13)8-10-30(11-9-21)20(32)33/h1-5H,6-12H2,(H,32,33)(H4,23,24,28)(H3,25,26,29,31). The van der Waals surface area contributed by atoms with Crippen molar-refractivity contribution < 1.29 is 14.7 Å². The average Bonchev–Trinajstić information content (AvgIpc) is 2.80. The molecule has 0 atom stereocenters. The summed E-state index contributed by atoms with van der Waals surface area (Å²) < 4.78 is 0. The van der Waals surface area contributed by atoms with Gasteiger partial charge in [0.25, 0.3) is 5.91 Å². The number of hydrogen-bond donors (Lipinski definition) is 5. The molecule has 0 unspecified atom stereocenters. The maximum Gasteiger partial charge on any atom is 0.407 e. The van der Waals surface area contributed by atoms with E-state index in [4.69, 9.17) is 28.8 Å². The molecule has 176 valence electrons. The van der Waals surface area contributed by atoms with Crippen molar-refractivity contribution in [1.29, 1.82) is 0 Å². The Morgan fingerprint density at radius 3 is 2.45 bits per heavy atom. The number of carbonyl (C=O) groups is 2. The molecular weight excluding hydrogens is 448 g/mol. The molecule has 1 fully saturated rings. The Kier molecular flexibility index (Phi) is 7.54. The molecule has 11 nitrogen and oxygen atoms in total. The zero-order valence-electron chi connectivity index (χ0n) is 18.0. The third kappa shape index (κ3) is 6.22. The fourth-order valence-corrected chi connectivity index (χ4v) is 3.92. The van der Waals surface area contributed by atoms with E-state index in [2.05, 4.69) is 32.4 Å². The molecular formula is C21H27ClN8O3. The second-order valence-corrected chi connectivity index (χ2v) is 8.40. The van der Waals surface area contributed by atoms with Crippen LogP contribution in [-0.4, -0.2) is 57.6 Å². The molecule has 1 aliphatic rings. The highest BCUT2D eigenvalue weighted by Gasteiger charge is 2.35. The van der Waals surface area contributed by atoms with Crippen LogP contribution in [0.15, 0.2) is 35.3 Å². The summed E-state index contributed by atoms with van der Waals surface area (Å²) in [5, 5.41) is 11.6. The topological polar surface area (TPSA) is 186 Å². The van der Waals surface area contributed by atoms with Crippen molar-refractivity contribution in [2.75, 3.05) is 31.1 Å². The van der Waals surface area contributed by atoms with Crippen LogP contribution in [0.2, 0.25) is 5.15 Å². The molecule has 0 spiro atoms. The molecule has 1 saturated heterocycles. The van der Waals surface area contributed by atoms with Gasteiger partial charge >= 0.3 is 6.09 Å². The highest BCUT2D eigenvalue weighted by Crippen LogP contribution is 2.36. The van der Waals surface area contributed by atoms with Gasteiger partial charge in [-0.25, -0.2) is 14.8 Å². The highest BCUT2D eigenvalue weighted by molar-refractivity contribution is 6.31. The van der Waals surface area contributed by atoms with E-state index in [0.29, 0.717) is 32.5 Å². The number of piperidine rings is 1. The molecule has 8 N–H and O–H groups in total. The van der Waals surface area contributed by atoms with Crippen molar-refractivity contribution in [2.45, 2.75) is 25.7 Å². The summed E-state index contributed by atoms with van der Waals surface area (Å²) in [5.74, 6) is -1.07. The van der Waals surface area contributed by atoms with Crippen LogP contribution in [0.5, 0.6) is 0 Å². The van der Waals surface area contributed by atoms with E-state index in [1.54, 1.807) is 0 Å². The van der Waals surface area contributed by atoms with Gasteiger partial charge in [-0.1, -0.05) is 41.9 Å². The lowest BCUT2D eigenvalue weighted by atomic mass is 9.74. The minimum absolute atomic E-state index is 0.0829. The molecule has 12 heteroatoms. The molecule has 0 aliphatic carbocycles. The average molecular weight is 475 g/mol. The van der Waals surface area contributed by atoms with Crippen LogP contribution in [0.4, 0.5) is 16.4 Å². The number of rotatable bonds is 6. The van der Waals surface area contributed by atoms with Gasteiger partial charge in [-0.3, -0.25) is 15.1 Å². The molecule has 0 radical (unpaired) electrons. The zero-order chi connectivity index (χ0) is 24.0. The number of likely N-dealkylation sites (tertiary alicyclic amines) is 1. The predicted octanol–water partition coefficient (Wildman–Crippen LogP) is 1.73. The lowest BCUT2D eigenvalue weighted by Gasteiger charge is -2.40. The molecule has 1 aromatic carbocycles. The number of nitrogen functional groups attached to an aromatic ring is 2. The maximum atomic E-state index is 12.5. The Hall–Kier alpha value is -3.60. The third-order valence-corrected chi connectivity index (χ3v) is 6.11. The molecule has 0 saturated carbocycles. The number of anilines is 2. The number of hydrogen-bond acceptors (Lipinski definition) is 7. The lowest BCUT2D eigenvalue weighted by Crippen LogP contribution is -2.45. The molecule has 3 rings (SSSR count). The van der Waals surface area contributed by atoms with Crippen LogP contribution < -0.4 is 22.5 Å². The number of aromatic nitrogens is 2. The summed E-state index contributed by atoms with van der Waals surface area (Å²) in [6.07, 6.45) is 1.99. The van der Waals surface area contributed by atoms with E-state index in [1.807, 2.05) is 18.2 Å². The summed E-state index contributed by atoms with van der Waals surface area (Å²) in [5.41, 5.74) is 17.9. The Morgan fingerprint density at radius 2 is 1.82 bits per heavy atom. The SMILES string of the molecule is NC(=NCC1(CCc2ccccc2)CCN(C(=O)O)CC1)NC(=O)c1nc(Cl)c(N)nc1N. The van der Waals surface area contributed by atoms with Crippen LogP contribution >= 0.6 is 11.6 Å². The van der Waals surface area contributed by atoms with Gasteiger partial charge < -0.3 is 27.2 Å². The zero-order valence-corrected chi connectivity index (χ0v) is 18.8. The van der Waals surface area contributed by atoms with Crippen molar-refractivity contribution in [3.63, 3.8) is 0 Å². The number of aliphatic imine (C=N–C) groups is 1. The summed E-state index contributed by atoms with van der Waals surface area (Å²) >= 11 is 5.83. The number of amides is 2. The Bertz CT molecular complexity index is 1040. The molecule has 2 amide bonds. The van der Waals surface area contributed by atoms with Crippen molar-refractivity contribution in [3.05, 3.63) is 46.7 Å². The predicted molar refractivity (Wildman–Crippen MR) is 126 cm³/mol. The van der Waals surface area contributed by atoms with Crippen LogP contribution in [0, 0.1) is 5.41 Å². The van der Waals surface area contributed by atoms with Gasteiger partial charge in [-0.05, 0) is 36.7 Å². The number of nitrogens with one attached hydrogen (secondary N) is 1. The van der Waals surface area contributed by atoms with E-state index < -0.39 is 12.0 Å². The van der Waals surface area contributed by atoms with Crippen molar-refractivity contribution in [1.82, 2.24) is 20.2 Å². The lowest BCUT2D eigenvalue weighted by molar-refractivity contribution is 0.0880. The van der Waals surface area contributed by atoms with Gasteiger partial charge in [0.1, 0.15) is 0 Å². The fourth-order valence-electron chi connectivity index (χ4n) is 3.79. The van der Waals surface area contributed by atoms with Gasteiger partial charge in [0.15, 0.2) is 28.4 Å². The molecule has 33 heavy (non-hydrogen) atoms. The smallest absolute Gasteiger partial charge is 0.407 e. The number of guanidine groups is 1. The number of carbonyl (C=O) groups excluding carboxylic acids is 1. The second kappa shape index (κ2) is 10.3. The van der Waals surface area contributed by atoms with Crippen LogP contribution in [0.25, 0.3) is 0 Å². The molecule has 2 heterocycles. The first-order chi connectivity index (χ1) is 15.7. The molecule has 1 aliphatic heterocycles. The Morgan fingerprint density at radius 1 is 1.15 bits per heavy atom. The minimum Gasteiger partial charge on any atom is -0.465 e. The summed E-state index contributed by atoms with van der Waals surface area (Å²) in [6, 6.07) is 10.0. The first kappa shape index (κ1) is 24.1. The van der Waals surface area contributed by atoms with E-state index in [1.165, 1.54) is 10.5 Å². The monoisotopic (exact) mass is 474 g/mol. The van der Waals surface area contributed by atoms with Crippen LogP contribution in [-0.2, 0) is 6.42 Å². The normalized spacial score (nSPS) is 15.8. The number of nitrogens with zero attached hydrogens (tertiary/aromatic N) is 4. The van der Waals surface area contributed by atoms with Gasteiger partial charge in [0, 0.05) is 19.6 Å². The molecule has 1 aromatic heterocycles. The van der Waals surface area contributed by atoms with Crippen molar-refractivity contribution >= 4 is 41.2 Å². The van der Waals surface area contributed by atoms with Crippen LogP contribution in [0.3, 0.4) is 0 Å². The van der Waals surface area contributed by atoms with Gasteiger partial charge in [-0.2, -0.15) is 0 Å². The third-order valence-electron chi connectivity index (χ3n) is 5.83. The van der Waals surface area contributed by atoms with E-state index in [0.717, 1.165) is 12.8 Å². The fraction of sp³-hybridized carbons (Fsp3) is 0.381. The maximum absolute atomic E-state index is 12.5. The van der Waals surface area contributed by atoms with Gasteiger partial charge in [-0.15, -0.1) is 0 Å². The number of nitrogens with two attached hydrogens (primary N) is 3. The Balaban J connectivity index is 1.70. The quantitative estimate of drug-likeness (QED) is 0.309. The Labute approximate surface area is 196 Å². The van der Waals surface area contributed by atoms with Crippen molar-refractivity contribution in [2.24, 2.45) is 16.1 Å². The minimum atomic E-state index is -0.928.